The van der Waals surface area contributed by atoms with Crippen LogP contribution in [0.15, 0.2) is 49.1 Å². The lowest BCUT2D eigenvalue weighted by atomic mass is 10.6. The summed E-state index contributed by atoms with van der Waals surface area (Å²) >= 11 is 0. The lowest BCUT2D eigenvalue weighted by Gasteiger charge is -1.96. The first-order valence-corrected chi connectivity index (χ1v) is 3.76. The summed E-state index contributed by atoms with van der Waals surface area (Å²) in [6, 6.07) is 7.70. The number of rotatable bonds is 0. The molecule has 0 radical (unpaired) electrons. The van der Waals surface area contributed by atoms with Gasteiger partial charge in [-0.15, -0.1) is 0 Å². The van der Waals surface area contributed by atoms with Crippen molar-refractivity contribution in [2.45, 2.75) is 0 Å². The molecule has 0 amide bonds. The molecule has 0 aromatic rings. The van der Waals surface area contributed by atoms with Crippen molar-refractivity contribution >= 4 is 0 Å². The number of aromatic amines is 1. The van der Waals surface area contributed by atoms with Crippen molar-refractivity contribution in [3.8, 4) is 5.95 Å². The zero-order chi connectivity index (χ0) is 8.23. The summed E-state index contributed by atoms with van der Waals surface area (Å²) in [5, 5.41) is 0. The Morgan fingerprint density at radius 3 is 2.83 bits per heavy atom. The average Bonchev–Trinajstić information content (AvgIpc) is 2.38. The highest BCUT2D eigenvalue weighted by molar-refractivity contribution is 5.11. The van der Waals surface area contributed by atoms with Gasteiger partial charge in [-0.25, -0.2) is 4.98 Å². The summed E-state index contributed by atoms with van der Waals surface area (Å²) in [5.74, 6) is 0.810. The Balaban J connectivity index is 2.74. The molecule has 3 nitrogen and oxygen atoms in total. The molecule has 0 bridgehead atoms. The first-order valence-electron chi connectivity index (χ1n) is 3.76. The van der Waals surface area contributed by atoms with Crippen LogP contribution < -0.4 is 0 Å². The van der Waals surface area contributed by atoms with E-state index in [0.717, 1.165) is 5.95 Å². The normalized spacial score (nSPS) is 9.67. The number of aromatic nitrogens is 3. The van der Waals surface area contributed by atoms with Gasteiger partial charge in [-0.3, -0.25) is 4.57 Å². The molecule has 1 N–H and O–H groups in total. The molecule has 0 aliphatic carbocycles. The van der Waals surface area contributed by atoms with Gasteiger partial charge in [0.05, 0.1) is 0 Å². The summed E-state index contributed by atoms with van der Waals surface area (Å²) in [5.41, 5.74) is 0. The SMILES string of the molecule is c1ccn2cccc[nH]c-2nc1. The van der Waals surface area contributed by atoms with E-state index in [0.29, 0.717) is 0 Å². The molecule has 0 saturated heterocycles. The molecule has 2 aliphatic heterocycles. The molecule has 0 aromatic carbocycles. The Morgan fingerprint density at radius 1 is 1.08 bits per heavy atom. The van der Waals surface area contributed by atoms with Gasteiger partial charge in [0.1, 0.15) is 0 Å². The van der Waals surface area contributed by atoms with E-state index in [4.69, 9.17) is 0 Å². The summed E-state index contributed by atoms with van der Waals surface area (Å²) < 4.78 is 1.92. The Labute approximate surface area is 70.4 Å². The third-order valence-corrected chi connectivity index (χ3v) is 1.55. The molecule has 2 heterocycles. The van der Waals surface area contributed by atoms with Gasteiger partial charge < -0.3 is 4.98 Å². The van der Waals surface area contributed by atoms with Crippen molar-refractivity contribution in [2.75, 3.05) is 0 Å². The van der Waals surface area contributed by atoms with E-state index in [-0.39, 0.29) is 0 Å². The second kappa shape index (κ2) is 3.09. The minimum atomic E-state index is 0.810. The van der Waals surface area contributed by atoms with Crippen LogP contribution in [0.1, 0.15) is 0 Å². The second-order valence-electron chi connectivity index (χ2n) is 2.39. The molecule has 0 atom stereocenters. The van der Waals surface area contributed by atoms with Crippen LogP contribution in [0.5, 0.6) is 0 Å². The molecule has 2 aliphatic rings. The maximum atomic E-state index is 4.19. The predicted octanol–water partition coefficient (Wildman–Crippen LogP) is 1.76. The highest BCUT2D eigenvalue weighted by Crippen LogP contribution is 1.96. The number of fused-ring (bicyclic) bond motifs is 1. The summed E-state index contributed by atoms with van der Waals surface area (Å²) in [6.07, 6.45) is 7.49. The summed E-state index contributed by atoms with van der Waals surface area (Å²) in [7, 11) is 0. The van der Waals surface area contributed by atoms with Gasteiger partial charge >= 0.3 is 0 Å². The quantitative estimate of drug-likeness (QED) is 0.624. The molecule has 3 heteroatoms. The molecular weight excluding hydrogens is 150 g/mol. The van der Waals surface area contributed by atoms with Crippen LogP contribution in [-0.2, 0) is 0 Å². The van der Waals surface area contributed by atoms with E-state index >= 15 is 0 Å². The number of hydrogen-bond acceptors (Lipinski definition) is 1. The van der Waals surface area contributed by atoms with Crippen molar-refractivity contribution in [3.63, 3.8) is 0 Å². The standard InChI is InChI=1S/C9H9N3/c1-3-7-12-8-4-2-6-11-9(12)10-5-1/h1-8H,(H,10,11). The Hall–Kier alpha value is -1.77. The maximum Gasteiger partial charge on any atom is 0.210 e. The molecule has 2 rings (SSSR count). The highest BCUT2D eigenvalue weighted by Gasteiger charge is 1.89. The van der Waals surface area contributed by atoms with E-state index in [1.165, 1.54) is 0 Å². The van der Waals surface area contributed by atoms with E-state index in [9.17, 15) is 0 Å². The first-order chi connectivity index (χ1) is 5.97. The largest absolute Gasteiger partial charge is 0.332 e. The Morgan fingerprint density at radius 2 is 1.92 bits per heavy atom. The average molecular weight is 159 g/mol. The van der Waals surface area contributed by atoms with Gasteiger partial charge in [-0.05, 0) is 24.3 Å². The monoisotopic (exact) mass is 159 g/mol. The van der Waals surface area contributed by atoms with Crippen LogP contribution in [0.3, 0.4) is 0 Å². The van der Waals surface area contributed by atoms with Crippen molar-refractivity contribution in [2.24, 2.45) is 0 Å². The number of hydrogen-bond donors (Lipinski definition) is 1. The third-order valence-electron chi connectivity index (χ3n) is 1.55. The number of nitrogens with one attached hydrogen (secondary N) is 1. The highest BCUT2D eigenvalue weighted by atomic mass is 15.1. The molecular formula is C9H9N3. The zero-order valence-electron chi connectivity index (χ0n) is 6.51. The van der Waals surface area contributed by atoms with Crippen LogP contribution in [0.25, 0.3) is 5.95 Å². The van der Waals surface area contributed by atoms with Crippen LogP contribution in [0.4, 0.5) is 0 Å². The molecule has 0 unspecified atom stereocenters. The lowest BCUT2D eigenvalue weighted by Crippen LogP contribution is -1.93. The van der Waals surface area contributed by atoms with Crippen molar-refractivity contribution in [1.29, 1.82) is 0 Å². The fourth-order valence-electron chi connectivity index (χ4n) is 0.996. The van der Waals surface area contributed by atoms with Gasteiger partial charge in [-0.1, -0.05) is 0 Å². The van der Waals surface area contributed by atoms with Gasteiger partial charge in [0.2, 0.25) is 5.95 Å². The van der Waals surface area contributed by atoms with Crippen molar-refractivity contribution < 1.29 is 0 Å². The number of H-pyrrole nitrogens is 1. The van der Waals surface area contributed by atoms with E-state index in [2.05, 4.69) is 9.97 Å². The molecule has 60 valence electrons. The molecule has 0 spiro atoms. The van der Waals surface area contributed by atoms with Gasteiger partial charge in [0.15, 0.2) is 0 Å². The van der Waals surface area contributed by atoms with Crippen LogP contribution in [-0.4, -0.2) is 14.5 Å². The Bertz CT molecular complexity index is 307. The molecule has 12 heavy (non-hydrogen) atoms. The van der Waals surface area contributed by atoms with Gasteiger partial charge in [0.25, 0.3) is 0 Å². The van der Waals surface area contributed by atoms with Crippen LogP contribution in [0.2, 0.25) is 0 Å². The summed E-state index contributed by atoms with van der Waals surface area (Å²) in [4.78, 5) is 7.24. The van der Waals surface area contributed by atoms with Crippen molar-refractivity contribution in [1.82, 2.24) is 14.5 Å². The lowest BCUT2D eigenvalue weighted by molar-refractivity contribution is 0.947. The summed E-state index contributed by atoms with van der Waals surface area (Å²) in [6.45, 7) is 0. The van der Waals surface area contributed by atoms with Gasteiger partial charge in [-0.2, -0.15) is 0 Å². The van der Waals surface area contributed by atoms with Gasteiger partial charge in [0, 0.05) is 24.8 Å². The molecule has 0 fully saturated rings. The van der Waals surface area contributed by atoms with Crippen LogP contribution in [0, 0.1) is 0 Å². The van der Waals surface area contributed by atoms with Crippen LogP contribution >= 0.6 is 0 Å². The van der Waals surface area contributed by atoms with E-state index < -0.39 is 0 Å². The zero-order valence-corrected chi connectivity index (χ0v) is 6.51. The third kappa shape index (κ3) is 1.29. The maximum absolute atomic E-state index is 4.19. The fourth-order valence-corrected chi connectivity index (χ4v) is 0.996. The smallest absolute Gasteiger partial charge is 0.210 e. The minimum Gasteiger partial charge on any atom is -0.332 e. The minimum absolute atomic E-state index is 0.810. The topological polar surface area (TPSA) is 33.6 Å². The van der Waals surface area contributed by atoms with E-state index in [1.54, 1.807) is 6.20 Å². The van der Waals surface area contributed by atoms with E-state index in [1.807, 2.05) is 47.4 Å². The molecule has 0 saturated carbocycles. The molecule has 0 aromatic heterocycles. The van der Waals surface area contributed by atoms with Crippen molar-refractivity contribution in [3.05, 3.63) is 49.1 Å². The second-order valence-corrected chi connectivity index (χ2v) is 2.39. The predicted molar refractivity (Wildman–Crippen MR) is 46.7 cm³/mol. The number of nitrogens with zero attached hydrogens (tertiary/aromatic N) is 2. The fraction of sp³-hybridized carbons (Fsp3) is 0. The Kier molecular flexibility index (Phi) is 1.78. The first kappa shape index (κ1) is 6.91.